The Bertz CT molecular complexity index is 1030. The van der Waals surface area contributed by atoms with E-state index in [9.17, 15) is 14.4 Å². The molecule has 0 saturated heterocycles. The zero-order valence-corrected chi connectivity index (χ0v) is 17.0. The van der Waals surface area contributed by atoms with Crippen LogP contribution in [0.4, 0.5) is 5.69 Å². The lowest BCUT2D eigenvalue weighted by Gasteiger charge is -2.07. The summed E-state index contributed by atoms with van der Waals surface area (Å²) in [5, 5.41) is 7.76. The number of hydrogen-bond acceptors (Lipinski definition) is 5. The number of nitrogens with zero attached hydrogens (tertiary/aromatic N) is 2. The van der Waals surface area contributed by atoms with E-state index >= 15 is 0 Å². The summed E-state index contributed by atoms with van der Waals surface area (Å²) in [5.41, 5.74) is 2.01. The lowest BCUT2D eigenvalue weighted by atomic mass is 10.2. The number of anilines is 1. The number of halogens is 1. The number of hydrogen-bond donors (Lipinski definition) is 3. The monoisotopic (exact) mass is 431 g/mol. The van der Waals surface area contributed by atoms with Crippen molar-refractivity contribution in [3.05, 3.63) is 63.8 Å². The van der Waals surface area contributed by atoms with Crippen molar-refractivity contribution in [2.45, 2.75) is 13.5 Å². The summed E-state index contributed by atoms with van der Waals surface area (Å²) < 4.78 is 2.35. The van der Waals surface area contributed by atoms with Crippen molar-refractivity contribution < 1.29 is 14.4 Å². The van der Waals surface area contributed by atoms with E-state index in [1.807, 2.05) is 0 Å². The van der Waals surface area contributed by atoms with Crippen LogP contribution in [0.25, 0.3) is 5.69 Å². The smallest absolute Gasteiger partial charge is 0.313 e. The summed E-state index contributed by atoms with van der Waals surface area (Å²) in [5.74, 6) is -1.60. The summed E-state index contributed by atoms with van der Waals surface area (Å²) in [4.78, 5) is 40.1. The Morgan fingerprint density at radius 3 is 2.48 bits per heavy atom. The number of amides is 3. The van der Waals surface area contributed by atoms with E-state index in [1.54, 1.807) is 60.4 Å². The van der Waals surface area contributed by atoms with Gasteiger partial charge in [0.1, 0.15) is 0 Å². The number of rotatable bonds is 6. The Balaban J connectivity index is 1.58. The molecule has 0 aliphatic carbocycles. The van der Waals surface area contributed by atoms with Gasteiger partial charge in [-0.3, -0.25) is 14.4 Å². The Morgan fingerprint density at radius 1 is 1.07 bits per heavy atom. The number of imidazole rings is 1. The van der Waals surface area contributed by atoms with Gasteiger partial charge < -0.3 is 20.5 Å². The molecule has 1 aromatic carbocycles. The van der Waals surface area contributed by atoms with E-state index in [0.29, 0.717) is 27.1 Å². The van der Waals surface area contributed by atoms with Gasteiger partial charge in [-0.15, -0.1) is 11.3 Å². The normalized spacial score (nSPS) is 10.4. The van der Waals surface area contributed by atoms with Crippen molar-refractivity contribution in [2.75, 3.05) is 11.9 Å². The lowest BCUT2D eigenvalue weighted by Crippen LogP contribution is -2.35. The van der Waals surface area contributed by atoms with E-state index in [-0.39, 0.29) is 12.5 Å². The minimum absolute atomic E-state index is 0.205. The third kappa shape index (κ3) is 5.43. The van der Waals surface area contributed by atoms with E-state index in [2.05, 4.69) is 20.9 Å². The molecule has 3 rings (SSSR count). The van der Waals surface area contributed by atoms with Crippen LogP contribution >= 0.6 is 22.9 Å². The van der Waals surface area contributed by atoms with Gasteiger partial charge in [-0.05, 0) is 43.3 Å². The number of thiophene rings is 1. The second-order valence-electron chi connectivity index (χ2n) is 5.92. The number of aromatic nitrogens is 2. The number of carbonyl (C=O) groups excluding carboxylic acids is 3. The molecular formula is C19H18ClN5O3S. The molecule has 150 valence electrons. The molecule has 0 saturated carbocycles. The predicted octanol–water partition coefficient (Wildman–Crippen LogP) is 2.59. The minimum Gasteiger partial charge on any atom is -0.348 e. The van der Waals surface area contributed by atoms with Gasteiger partial charge in [-0.2, -0.15) is 0 Å². The predicted molar refractivity (Wildman–Crippen MR) is 111 cm³/mol. The van der Waals surface area contributed by atoms with Gasteiger partial charge in [0.2, 0.25) is 0 Å². The van der Waals surface area contributed by atoms with Crippen LogP contribution in [0.2, 0.25) is 4.34 Å². The van der Waals surface area contributed by atoms with Crippen LogP contribution in [0.1, 0.15) is 22.3 Å². The zero-order valence-electron chi connectivity index (χ0n) is 15.4. The van der Waals surface area contributed by atoms with Crippen molar-refractivity contribution in [3.63, 3.8) is 0 Å². The molecule has 2 aromatic heterocycles. The van der Waals surface area contributed by atoms with E-state index in [1.165, 1.54) is 11.3 Å². The molecule has 0 aliphatic rings. The zero-order chi connectivity index (χ0) is 20.8. The third-order valence-corrected chi connectivity index (χ3v) is 5.06. The summed E-state index contributed by atoms with van der Waals surface area (Å²) in [7, 11) is 0. The van der Waals surface area contributed by atoms with Crippen molar-refractivity contribution in [2.24, 2.45) is 0 Å². The Kier molecular flexibility index (Phi) is 6.63. The van der Waals surface area contributed by atoms with Crippen molar-refractivity contribution in [3.8, 4) is 5.69 Å². The molecular weight excluding hydrogens is 414 g/mol. The first-order valence-corrected chi connectivity index (χ1v) is 9.91. The molecule has 3 amide bonds. The highest BCUT2D eigenvalue weighted by Crippen LogP contribution is 2.21. The summed E-state index contributed by atoms with van der Waals surface area (Å²) in [6.45, 7) is 2.40. The third-order valence-electron chi connectivity index (χ3n) is 3.83. The number of likely N-dealkylation sites (N-methyl/N-ethyl adjacent to an activating group) is 1. The van der Waals surface area contributed by atoms with Crippen molar-refractivity contribution >= 4 is 46.3 Å². The molecule has 10 heteroatoms. The fourth-order valence-corrected chi connectivity index (χ4v) is 3.40. The van der Waals surface area contributed by atoms with Gasteiger partial charge in [0, 0.05) is 24.1 Å². The van der Waals surface area contributed by atoms with Gasteiger partial charge in [0.15, 0.2) is 0 Å². The maximum Gasteiger partial charge on any atom is 0.313 e. The highest BCUT2D eigenvalue weighted by atomic mass is 35.5. The molecule has 0 unspecified atom stereocenters. The maximum absolute atomic E-state index is 12.1. The molecule has 29 heavy (non-hydrogen) atoms. The molecule has 2 heterocycles. The first-order valence-electron chi connectivity index (χ1n) is 8.72. The number of carbonyl (C=O) groups is 3. The molecule has 3 N–H and O–H groups in total. The SMILES string of the molecule is CCNC(=O)C(=O)Nc1ccc(-n2cnc(CNC(=O)c3ccc(Cl)s3)c2)cc1. The number of nitrogens with one attached hydrogen (secondary N) is 3. The first kappa shape index (κ1) is 20.6. The van der Waals surface area contributed by atoms with E-state index in [0.717, 1.165) is 5.69 Å². The Labute approximate surface area is 175 Å². The minimum atomic E-state index is -0.715. The summed E-state index contributed by atoms with van der Waals surface area (Å²) in [6, 6.07) is 10.3. The molecule has 0 radical (unpaired) electrons. The van der Waals surface area contributed by atoms with Crippen LogP contribution in [0.15, 0.2) is 48.9 Å². The van der Waals surface area contributed by atoms with Gasteiger partial charge >= 0.3 is 11.8 Å². The Hall–Kier alpha value is -3.17. The highest BCUT2D eigenvalue weighted by molar-refractivity contribution is 7.17. The van der Waals surface area contributed by atoms with Crippen LogP contribution in [-0.4, -0.2) is 33.8 Å². The van der Waals surface area contributed by atoms with Gasteiger partial charge in [0.25, 0.3) is 5.91 Å². The first-order chi connectivity index (χ1) is 14.0. The van der Waals surface area contributed by atoms with E-state index < -0.39 is 11.8 Å². The second-order valence-corrected chi connectivity index (χ2v) is 7.63. The van der Waals surface area contributed by atoms with Crippen molar-refractivity contribution in [1.82, 2.24) is 20.2 Å². The van der Waals surface area contributed by atoms with Crippen LogP contribution < -0.4 is 16.0 Å². The molecule has 3 aromatic rings. The quantitative estimate of drug-likeness (QED) is 0.521. The van der Waals surface area contributed by atoms with Crippen LogP contribution in [0.5, 0.6) is 0 Å². The molecule has 0 bridgehead atoms. The van der Waals surface area contributed by atoms with Crippen LogP contribution in [0, 0.1) is 0 Å². The summed E-state index contributed by atoms with van der Waals surface area (Å²) in [6.07, 6.45) is 3.43. The largest absolute Gasteiger partial charge is 0.348 e. The van der Waals surface area contributed by atoms with Crippen molar-refractivity contribution in [1.29, 1.82) is 0 Å². The van der Waals surface area contributed by atoms with Crippen LogP contribution in [-0.2, 0) is 16.1 Å². The second kappa shape index (κ2) is 9.35. The average Bonchev–Trinajstić information content (AvgIpc) is 3.36. The van der Waals surface area contributed by atoms with Gasteiger partial charge in [0.05, 0.1) is 27.8 Å². The highest BCUT2D eigenvalue weighted by Gasteiger charge is 2.12. The van der Waals surface area contributed by atoms with Gasteiger partial charge in [-0.25, -0.2) is 4.98 Å². The standard InChI is InChI=1S/C19H18ClN5O3S/c1-2-21-18(27)19(28)24-12-3-5-14(6-4-12)25-10-13(23-11-25)9-22-17(26)15-7-8-16(20)29-15/h3-8,10-11H,2,9H2,1H3,(H,21,27)(H,22,26)(H,24,28). The van der Waals surface area contributed by atoms with Gasteiger partial charge in [-0.1, -0.05) is 11.6 Å². The fraction of sp³-hybridized carbons (Fsp3) is 0.158. The van der Waals surface area contributed by atoms with Crippen LogP contribution in [0.3, 0.4) is 0 Å². The summed E-state index contributed by atoms with van der Waals surface area (Å²) >= 11 is 7.06. The molecule has 8 nitrogen and oxygen atoms in total. The maximum atomic E-state index is 12.1. The Morgan fingerprint density at radius 2 is 1.83 bits per heavy atom. The number of benzene rings is 1. The molecule has 0 spiro atoms. The molecule has 0 fully saturated rings. The lowest BCUT2D eigenvalue weighted by molar-refractivity contribution is -0.136. The van der Waals surface area contributed by atoms with E-state index in [4.69, 9.17) is 11.6 Å². The fourth-order valence-electron chi connectivity index (χ4n) is 2.44. The topological polar surface area (TPSA) is 105 Å². The molecule has 0 aliphatic heterocycles. The average molecular weight is 432 g/mol. The molecule has 0 atom stereocenters.